The van der Waals surface area contributed by atoms with Crippen molar-refractivity contribution >= 4 is 13.7 Å². The Balaban J connectivity index is 4.06. The number of aliphatic hydroxyl groups is 1. The minimum Gasteiger partial charge on any atom is -0.756 e. The molecule has 0 spiro atoms. The van der Waals surface area contributed by atoms with Gasteiger partial charge < -0.3 is 28.8 Å². The van der Waals surface area contributed by atoms with Crippen LogP contribution in [0.5, 0.6) is 0 Å². The van der Waals surface area contributed by atoms with Crippen LogP contribution in [0, 0.1) is 0 Å². The molecule has 0 radical (unpaired) electrons. The number of likely N-dealkylation sites (N-methyl/N-ethyl adjacent to an activating group) is 1. The van der Waals surface area contributed by atoms with Gasteiger partial charge in [-0.05, 0) is 57.8 Å². The van der Waals surface area contributed by atoms with Crippen molar-refractivity contribution in [2.24, 2.45) is 0 Å². The number of allylic oxidation sites excluding steroid dienone is 10. The number of quaternary nitrogens is 1. The molecule has 0 rings (SSSR count). The third-order valence-corrected chi connectivity index (χ3v) is 16.5. The lowest BCUT2D eigenvalue weighted by Gasteiger charge is -2.30. The molecule has 0 aromatic rings. The number of amides is 1. The van der Waals surface area contributed by atoms with Crippen LogP contribution in [0.1, 0.15) is 328 Å². The van der Waals surface area contributed by atoms with Gasteiger partial charge in [0.15, 0.2) is 0 Å². The molecule has 3 unspecified atom stereocenters. The first kappa shape index (κ1) is 77.2. The highest BCUT2D eigenvalue weighted by molar-refractivity contribution is 7.45. The number of phosphoric acid groups is 1. The van der Waals surface area contributed by atoms with Gasteiger partial charge in [0.1, 0.15) is 13.2 Å². The second-order valence-electron chi connectivity index (χ2n) is 24.5. The maximum absolute atomic E-state index is 13.1. The summed E-state index contributed by atoms with van der Waals surface area (Å²) < 4.78 is 23.5. The van der Waals surface area contributed by atoms with Crippen molar-refractivity contribution in [3.8, 4) is 0 Å². The Morgan fingerprint density at radius 1 is 0.456 bits per heavy atom. The van der Waals surface area contributed by atoms with Crippen molar-refractivity contribution in [1.82, 2.24) is 5.32 Å². The Labute approximate surface area is 492 Å². The zero-order valence-corrected chi connectivity index (χ0v) is 54.0. The first-order valence-electron chi connectivity index (χ1n) is 34.1. The van der Waals surface area contributed by atoms with E-state index in [4.69, 9.17) is 9.05 Å². The molecule has 0 aliphatic rings. The summed E-state index contributed by atoms with van der Waals surface area (Å²) in [5, 5.41) is 14.1. The largest absolute Gasteiger partial charge is 0.756 e. The van der Waals surface area contributed by atoms with Gasteiger partial charge in [0.25, 0.3) is 7.82 Å². The zero-order valence-electron chi connectivity index (χ0n) is 53.1. The maximum Gasteiger partial charge on any atom is 0.268 e. The fraction of sp³-hybridized carbons (Fsp3) is 0.843. The topological polar surface area (TPSA) is 108 Å². The van der Waals surface area contributed by atoms with E-state index in [9.17, 15) is 19.4 Å². The number of unbranched alkanes of at least 4 members (excludes halogenated alkanes) is 40. The van der Waals surface area contributed by atoms with E-state index >= 15 is 0 Å². The third-order valence-electron chi connectivity index (χ3n) is 15.5. The monoisotopic (exact) mass is 1130 g/mol. The van der Waals surface area contributed by atoms with Gasteiger partial charge in [-0.15, -0.1) is 0 Å². The van der Waals surface area contributed by atoms with Crippen LogP contribution in [0.2, 0.25) is 0 Å². The van der Waals surface area contributed by atoms with E-state index in [1.54, 1.807) is 0 Å². The third kappa shape index (κ3) is 63.6. The van der Waals surface area contributed by atoms with E-state index in [-0.39, 0.29) is 19.1 Å². The molecule has 0 aliphatic heterocycles. The summed E-state index contributed by atoms with van der Waals surface area (Å²) in [5.41, 5.74) is 0. The molecule has 0 saturated heterocycles. The molecule has 0 aromatic heterocycles. The summed E-state index contributed by atoms with van der Waals surface area (Å²) in [6.45, 7) is 4.65. The molecule has 0 bridgehead atoms. The Kier molecular flexibility index (Phi) is 59.4. The van der Waals surface area contributed by atoms with Gasteiger partial charge in [-0.2, -0.15) is 0 Å². The number of hydrogen-bond donors (Lipinski definition) is 2. The van der Waals surface area contributed by atoms with Gasteiger partial charge in [-0.25, -0.2) is 0 Å². The maximum atomic E-state index is 13.1. The highest BCUT2D eigenvalue weighted by Gasteiger charge is 2.24. The van der Waals surface area contributed by atoms with Crippen molar-refractivity contribution in [2.45, 2.75) is 341 Å². The molecule has 0 aromatic carbocycles. The standard InChI is InChI=1S/C70H133N2O6P/c1-6-8-10-12-14-16-18-20-22-24-26-28-30-32-34-36-38-40-42-44-46-48-50-52-54-56-58-60-62-64-70(74)71-68(67-78-79(75,76)77-66-65-72(3,4)5)69(73)63-61-59-57-55-53-51-49-47-45-43-41-39-37-35-33-31-29-27-25-23-21-19-17-15-13-11-9-7-2/h8,10,14,16,20,22,26,28,32,34,68-69,73H,6-7,9,11-13,15,17-19,21,23-25,27,29-31,33,35-67H2,1-5H3,(H-,71,74,75,76)/b10-8-,16-14-,22-20-,28-26-,34-32-. The number of phosphoric ester groups is 1. The molecule has 0 saturated carbocycles. The summed E-state index contributed by atoms with van der Waals surface area (Å²) in [4.78, 5) is 25.7. The molecule has 2 N–H and O–H groups in total. The van der Waals surface area contributed by atoms with Crippen LogP contribution in [-0.4, -0.2) is 68.5 Å². The highest BCUT2D eigenvalue weighted by Crippen LogP contribution is 2.38. The lowest BCUT2D eigenvalue weighted by Crippen LogP contribution is -2.46. The van der Waals surface area contributed by atoms with Crippen molar-refractivity contribution < 1.29 is 32.9 Å². The van der Waals surface area contributed by atoms with E-state index in [0.29, 0.717) is 23.9 Å². The fourth-order valence-corrected chi connectivity index (χ4v) is 11.0. The molecule has 0 heterocycles. The van der Waals surface area contributed by atoms with E-state index in [0.717, 1.165) is 70.6 Å². The van der Waals surface area contributed by atoms with Crippen LogP contribution in [0.15, 0.2) is 60.8 Å². The summed E-state index contributed by atoms with van der Waals surface area (Å²) in [7, 11) is 1.31. The van der Waals surface area contributed by atoms with Crippen molar-refractivity contribution in [1.29, 1.82) is 0 Å². The van der Waals surface area contributed by atoms with Gasteiger partial charge in [-0.3, -0.25) is 9.36 Å². The van der Waals surface area contributed by atoms with Crippen molar-refractivity contribution in [2.75, 3.05) is 40.9 Å². The Morgan fingerprint density at radius 3 is 1.13 bits per heavy atom. The first-order valence-corrected chi connectivity index (χ1v) is 35.6. The van der Waals surface area contributed by atoms with E-state index in [2.05, 4.69) is 79.9 Å². The lowest BCUT2D eigenvalue weighted by atomic mass is 10.0. The Bertz CT molecular complexity index is 1470. The van der Waals surface area contributed by atoms with Crippen LogP contribution in [0.3, 0.4) is 0 Å². The quantitative estimate of drug-likeness (QED) is 0.0272. The minimum absolute atomic E-state index is 0.0113. The normalized spacial score (nSPS) is 14.1. The van der Waals surface area contributed by atoms with E-state index < -0.39 is 20.0 Å². The summed E-state index contributed by atoms with van der Waals surface area (Å²) in [6.07, 6.45) is 82.9. The van der Waals surface area contributed by atoms with E-state index in [1.165, 1.54) is 231 Å². The molecule has 1 amide bonds. The Morgan fingerprint density at radius 2 is 0.772 bits per heavy atom. The molecular formula is C70H133N2O6P. The second-order valence-corrected chi connectivity index (χ2v) is 25.9. The van der Waals surface area contributed by atoms with Gasteiger partial charge >= 0.3 is 0 Å². The molecule has 8 nitrogen and oxygen atoms in total. The second kappa shape index (κ2) is 60.8. The zero-order chi connectivity index (χ0) is 57.7. The van der Waals surface area contributed by atoms with Crippen molar-refractivity contribution in [3.63, 3.8) is 0 Å². The highest BCUT2D eigenvalue weighted by atomic mass is 31.2. The molecular weight excluding hydrogens is 996 g/mol. The van der Waals surface area contributed by atoms with Crippen LogP contribution in [-0.2, 0) is 18.4 Å². The first-order chi connectivity index (χ1) is 38.5. The molecule has 79 heavy (non-hydrogen) atoms. The fourth-order valence-electron chi connectivity index (χ4n) is 10.2. The lowest BCUT2D eigenvalue weighted by molar-refractivity contribution is -0.870. The van der Waals surface area contributed by atoms with Gasteiger partial charge in [0.05, 0.1) is 39.9 Å². The van der Waals surface area contributed by atoms with Crippen LogP contribution in [0.25, 0.3) is 0 Å². The number of hydrogen-bond acceptors (Lipinski definition) is 6. The molecule has 3 atom stereocenters. The summed E-state index contributed by atoms with van der Waals surface area (Å²) >= 11 is 0. The van der Waals surface area contributed by atoms with Gasteiger partial charge in [0.2, 0.25) is 5.91 Å². The number of aliphatic hydroxyl groups excluding tert-OH is 1. The predicted molar refractivity (Wildman–Crippen MR) is 344 cm³/mol. The predicted octanol–water partition coefficient (Wildman–Crippen LogP) is 21.0. The molecule has 0 aliphatic carbocycles. The van der Waals surface area contributed by atoms with Crippen LogP contribution in [0.4, 0.5) is 0 Å². The average molecular weight is 1130 g/mol. The van der Waals surface area contributed by atoms with Crippen molar-refractivity contribution in [3.05, 3.63) is 60.8 Å². The number of carbonyl (C=O) groups is 1. The van der Waals surface area contributed by atoms with Gasteiger partial charge in [-0.1, -0.05) is 325 Å². The number of rotatable bonds is 63. The number of nitrogens with zero attached hydrogens (tertiary/aromatic N) is 1. The molecule has 464 valence electrons. The summed E-state index contributed by atoms with van der Waals surface area (Å²) in [6, 6.07) is -0.805. The number of carbonyl (C=O) groups excluding carboxylic acids is 1. The smallest absolute Gasteiger partial charge is 0.268 e. The molecule has 9 heteroatoms. The average Bonchev–Trinajstić information content (AvgIpc) is 3.42. The van der Waals surface area contributed by atoms with E-state index in [1.807, 2.05) is 21.1 Å². The minimum atomic E-state index is -4.58. The van der Waals surface area contributed by atoms with Crippen LogP contribution >= 0.6 is 7.82 Å². The molecule has 0 fully saturated rings. The summed E-state index contributed by atoms with van der Waals surface area (Å²) in [5.74, 6) is -0.163. The Hall–Kier alpha value is -1.80. The number of nitrogens with one attached hydrogen (secondary N) is 1. The SMILES string of the molecule is CC/C=C\C/C=C\C/C=C\C/C=C\C/C=C\CCCCCCCCCCCCCCCC(=O)NC(COP(=O)([O-])OCC[N+](C)(C)C)C(O)CCCCCCCCCCCCCCCCCCCCCCCCCCCCCC. The van der Waals surface area contributed by atoms with Gasteiger partial charge in [0, 0.05) is 6.42 Å². The van der Waals surface area contributed by atoms with Crippen LogP contribution < -0.4 is 10.2 Å².